The molecule has 3 heterocycles. The van der Waals surface area contributed by atoms with Gasteiger partial charge in [0.2, 0.25) is 5.95 Å². The Labute approximate surface area is 200 Å². The van der Waals surface area contributed by atoms with Crippen molar-refractivity contribution in [1.29, 1.82) is 0 Å². The van der Waals surface area contributed by atoms with E-state index < -0.39 is 17.6 Å². The number of halogens is 5. The molecule has 0 saturated carbocycles. The van der Waals surface area contributed by atoms with Crippen LogP contribution in [0.1, 0.15) is 21.6 Å². The first-order valence-corrected chi connectivity index (χ1v) is 10.3. The highest BCUT2D eigenvalue weighted by molar-refractivity contribution is 6.39. The van der Waals surface area contributed by atoms with Crippen LogP contribution in [0, 0.1) is 6.92 Å². The van der Waals surface area contributed by atoms with Crippen LogP contribution in [0.4, 0.5) is 30.6 Å². The number of aryl methyl sites for hydroxylation is 1. The fraction of sp³-hybridized carbons (Fsp3) is 0.143. The van der Waals surface area contributed by atoms with Gasteiger partial charge < -0.3 is 20.4 Å². The number of H-pyrrole nitrogens is 1. The molecule has 0 aliphatic carbocycles. The predicted octanol–water partition coefficient (Wildman–Crippen LogP) is 5.99. The van der Waals surface area contributed by atoms with E-state index in [-0.39, 0.29) is 38.8 Å². The maximum Gasteiger partial charge on any atom is 0.416 e. The summed E-state index contributed by atoms with van der Waals surface area (Å²) in [7, 11) is 1.36. The number of methoxy groups -OCH3 is 1. The van der Waals surface area contributed by atoms with Gasteiger partial charge in [-0.05, 0) is 25.1 Å². The highest BCUT2D eigenvalue weighted by Crippen LogP contribution is 2.33. The summed E-state index contributed by atoms with van der Waals surface area (Å²) >= 11 is 12.2. The standard InChI is InChI=1S/C21H15Cl2F3N6O2/c1-9-3-10(21(24,25)26)4-17(28-9)31-19(33)11-5-14-15(6-16(11)34-2)30-20(29-14)32-18-12(22)7-27-8-13(18)23/h3-8H,1-2H3,(H,28,31,33)(H2,27,29,30,32). The zero-order chi connectivity index (χ0) is 24.6. The molecular formula is C21H15Cl2F3N6O2. The Hall–Kier alpha value is -3.57. The minimum atomic E-state index is -4.58. The van der Waals surface area contributed by atoms with Crippen LogP contribution >= 0.6 is 23.2 Å². The number of aromatic nitrogens is 4. The second-order valence-electron chi connectivity index (χ2n) is 7.09. The zero-order valence-electron chi connectivity index (χ0n) is 17.5. The molecular weight excluding hydrogens is 496 g/mol. The Morgan fingerprint density at radius 1 is 1.09 bits per heavy atom. The summed E-state index contributed by atoms with van der Waals surface area (Å²) in [6, 6.07) is 4.61. The molecule has 4 aromatic rings. The summed E-state index contributed by atoms with van der Waals surface area (Å²) in [5.41, 5.74) is 0.504. The number of alkyl halides is 3. The molecule has 4 rings (SSSR count). The molecule has 0 atom stereocenters. The lowest BCUT2D eigenvalue weighted by molar-refractivity contribution is -0.137. The molecule has 34 heavy (non-hydrogen) atoms. The van der Waals surface area contributed by atoms with Gasteiger partial charge in [0, 0.05) is 24.2 Å². The molecule has 3 N–H and O–H groups in total. The molecule has 0 fully saturated rings. The van der Waals surface area contributed by atoms with E-state index >= 15 is 0 Å². The third kappa shape index (κ3) is 4.85. The number of imidazole rings is 1. The molecule has 0 spiro atoms. The van der Waals surface area contributed by atoms with Gasteiger partial charge in [-0.15, -0.1) is 0 Å². The molecule has 0 saturated heterocycles. The number of anilines is 3. The number of ether oxygens (including phenoxy) is 1. The van der Waals surface area contributed by atoms with Gasteiger partial charge >= 0.3 is 6.18 Å². The number of benzene rings is 1. The quantitative estimate of drug-likeness (QED) is 0.304. The molecule has 3 aromatic heterocycles. The van der Waals surface area contributed by atoms with Gasteiger partial charge in [0.15, 0.2) is 0 Å². The van der Waals surface area contributed by atoms with E-state index in [4.69, 9.17) is 27.9 Å². The minimum absolute atomic E-state index is 0.0462. The van der Waals surface area contributed by atoms with Gasteiger partial charge in [-0.2, -0.15) is 13.2 Å². The number of fused-ring (bicyclic) bond motifs is 1. The molecule has 0 radical (unpaired) electrons. The van der Waals surface area contributed by atoms with Crippen LogP contribution in [0.15, 0.2) is 36.7 Å². The van der Waals surface area contributed by atoms with E-state index in [1.165, 1.54) is 38.6 Å². The van der Waals surface area contributed by atoms with Crippen molar-refractivity contribution in [3.05, 3.63) is 63.5 Å². The van der Waals surface area contributed by atoms with E-state index in [2.05, 4.69) is 30.6 Å². The Balaban J connectivity index is 1.66. The number of carbonyl (C=O) groups excluding carboxylic acids is 1. The lowest BCUT2D eigenvalue weighted by Crippen LogP contribution is -2.16. The normalized spacial score (nSPS) is 11.5. The summed E-state index contributed by atoms with van der Waals surface area (Å²) in [5, 5.41) is 5.89. The number of hydrogen-bond donors (Lipinski definition) is 3. The van der Waals surface area contributed by atoms with Crippen LogP contribution in [0.5, 0.6) is 5.75 Å². The van der Waals surface area contributed by atoms with Gasteiger partial charge in [-0.3, -0.25) is 9.78 Å². The second-order valence-corrected chi connectivity index (χ2v) is 7.91. The SMILES string of the molecule is COc1cc2[nH]c(Nc3c(Cl)cncc3Cl)nc2cc1C(=O)Nc1cc(C(F)(F)F)cc(C)n1. The summed E-state index contributed by atoms with van der Waals surface area (Å²) < 4.78 is 44.6. The summed E-state index contributed by atoms with van der Waals surface area (Å²) in [5.74, 6) is -0.516. The van der Waals surface area contributed by atoms with Crippen molar-refractivity contribution in [2.24, 2.45) is 0 Å². The van der Waals surface area contributed by atoms with Crippen LogP contribution in [0.2, 0.25) is 10.0 Å². The monoisotopic (exact) mass is 510 g/mol. The molecule has 176 valence electrons. The van der Waals surface area contributed by atoms with E-state index in [1.54, 1.807) is 0 Å². The fourth-order valence-corrected chi connectivity index (χ4v) is 3.63. The predicted molar refractivity (Wildman–Crippen MR) is 122 cm³/mol. The average Bonchev–Trinajstić information content (AvgIpc) is 3.15. The number of carbonyl (C=O) groups is 1. The topological polar surface area (TPSA) is 105 Å². The minimum Gasteiger partial charge on any atom is -0.496 e. The Morgan fingerprint density at radius 2 is 1.79 bits per heavy atom. The van der Waals surface area contributed by atoms with Gasteiger partial charge in [0.25, 0.3) is 5.91 Å². The smallest absolute Gasteiger partial charge is 0.416 e. The molecule has 8 nitrogen and oxygen atoms in total. The van der Waals surface area contributed by atoms with E-state index in [9.17, 15) is 18.0 Å². The van der Waals surface area contributed by atoms with Gasteiger partial charge in [-0.25, -0.2) is 9.97 Å². The Morgan fingerprint density at radius 3 is 2.44 bits per heavy atom. The van der Waals surface area contributed by atoms with Crippen molar-refractivity contribution < 1.29 is 22.7 Å². The van der Waals surface area contributed by atoms with Crippen molar-refractivity contribution in [2.75, 3.05) is 17.7 Å². The third-order valence-electron chi connectivity index (χ3n) is 4.67. The number of pyridine rings is 2. The Bertz CT molecular complexity index is 1390. The number of rotatable bonds is 5. The fourth-order valence-electron chi connectivity index (χ4n) is 3.17. The van der Waals surface area contributed by atoms with Crippen molar-refractivity contribution in [3.63, 3.8) is 0 Å². The number of amides is 1. The number of nitrogens with zero attached hydrogens (tertiary/aromatic N) is 3. The van der Waals surface area contributed by atoms with Crippen molar-refractivity contribution in [3.8, 4) is 5.75 Å². The third-order valence-corrected chi connectivity index (χ3v) is 5.24. The molecule has 13 heteroatoms. The van der Waals surface area contributed by atoms with Crippen molar-refractivity contribution in [1.82, 2.24) is 19.9 Å². The van der Waals surface area contributed by atoms with Crippen LogP contribution in [-0.4, -0.2) is 33.0 Å². The van der Waals surface area contributed by atoms with Crippen LogP contribution in [0.3, 0.4) is 0 Å². The second kappa shape index (κ2) is 8.99. The average molecular weight is 511 g/mol. The zero-order valence-corrected chi connectivity index (χ0v) is 19.0. The van der Waals surface area contributed by atoms with Crippen LogP contribution in [-0.2, 0) is 6.18 Å². The van der Waals surface area contributed by atoms with Crippen molar-refractivity contribution in [2.45, 2.75) is 13.1 Å². The van der Waals surface area contributed by atoms with Crippen molar-refractivity contribution >= 4 is 57.6 Å². The van der Waals surface area contributed by atoms with Gasteiger partial charge in [0.1, 0.15) is 11.6 Å². The molecule has 0 aliphatic heterocycles. The lowest BCUT2D eigenvalue weighted by Gasteiger charge is -2.12. The maximum atomic E-state index is 13.1. The molecule has 0 bridgehead atoms. The Kier molecular flexibility index (Phi) is 6.24. The summed E-state index contributed by atoms with van der Waals surface area (Å²) in [4.78, 5) is 28.1. The number of hydrogen-bond acceptors (Lipinski definition) is 6. The molecule has 1 amide bonds. The van der Waals surface area contributed by atoms with E-state index in [1.807, 2.05) is 0 Å². The molecule has 0 aliphatic rings. The molecule has 1 aromatic carbocycles. The summed E-state index contributed by atoms with van der Waals surface area (Å²) in [6.45, 7) is 1.40. The number of aromatic amines is 1. The largest absolute Gasteiger partial charge is 0.496 e. The number of nitrogens with one attached hydrogen (secondary N) is 3. The van der Waals surface area contributed by atoms with Crippen LogP contribution < -0.4 is 15.4 Å². The lowest BCUT2D eigenvalue weighted by atomic mass is 10.1. The highest BCUT2D eigenvalue weighted by atomic mass is 35.5. The first kappa shape index (κ1) is 23.6. The first-order chi connectivity index (χ1) is 16.0. The maximum absolute atomic E-state index is 13.1. The molecule has 0 unspecified atom stereocenters. The van der Waals surface area contributed by atoms with Gasteiger partial charge in [-0.1, -0.05) is 23.2 Å². The van der Waals surface area contributed by atoms with E-state index in [0.717, 1.165) is 12.1 Å². The van der Waals surface area contributed by atoms with Gasteiger partial charge in [0.05, 0.1) is 45.0 Å². The van der Waals surface area contributed by atoms with Crippen LogP contribution in [0.25, 0.3) is 11.0 Å². The van der Waals surface area contributed by atoms with E-state index in [0.29, 0.717) is 16.7 Å². The summed E-state index contributed by atoms with van der Waals surface area (Å²) in [6.07, 6.45) is -1.76. The first-order valence-electron chi connectivity index (χ1n) is 9.56. The highest BCUT2D eigenvalue weighted by Gasteiger charge is 2.31.